The number of likely N-dealkylation sites (tertiary alicyclic amines) is 1. The van der Waals surface area contributed by atoms with Gasteiger partial charge in [-0.2, -0.15) is 0 Å². The summed E-state index contributed by atoms with van der Waals surface area (Å²) in [5, 5.41) is 9.37. The van der Waals surface area contributed by atoms with Crippen molar-refractivity contribution in [1.82, 2.24) is 20.9 Å². The van der Waals surface area contributed by atoms with Crippen LogP contribution in [0.5, 0.6) is 0 Å². The molecule has 3 amide bonds. The first-order valence-corrected chi connectivity index (χ1v) is 12.5. The molecule has 0 bridgehead atoms. The topological polar surface area (TPSA) is 99.8 Å². The summed E-state index contributed by atoms with van der Waals surface area (Å²) in [5.41, 5.74) is -0.929. The molecule has 0 radical (unpaired) electrons. The van der Waals surface area contributed by atoms with E-state index < -0.39 is 5.54 Å². The SMILES string of the molecule is CCOC(=O)N1CCC(NC(=O)C2(NC(=O)CCSc3ccc(F)cc3)CCNCC2)CC1. The van der Waals surface area contributed by atoms with Crippen LogP contribution in [0.3, 0.4) is 0 Å². The normalized spacial score (nSPS) is 18.4. The summed E-state index contributed by atoms with van der Waals surface area (Å²) in [5.74, 6) is -0.0702. The molecule has 2 fully saturated rings. The molecule has 0 unspecified atom stereocenters. The van der Waals surface area contributed by atoms with Gasteiger partial charge in [0.1, 0.15) is 11.4 Å². The summed E-state index contributed by atoms with van der Waals surface area (Å²) in [4.78, 5) is 40.4. The molecule has 10 heteroatoms. The smallest absolute Gasteiger partial charge is 0.409 e. The van der Waals surface area contributed by atoms with Crippen molar-refractivity contribution in [3.8, 4) is 0 Å². The van der Waals surface area contributed by atoms with Gasteiger partial charge in [-0.15, -0.1) is 11.8 Å². The fraction of sp³-hybridized carbons (Fsp3) is 0.609. The molecule has 3 N–H and O–H groups in total. The quantitative estimate of drug-likeness (QED) is 0.494. The van der Waals surface area contributed by atoms with Gasteiger partial charge in [0.15, 0.2) is 0 Å². The summed E-state index contributed by atoms with van der Waals surface area (Å²) in [6.07, 6.45) is 2.31. The zero-order valence-corrected chi connectivity index (χ0v) is 19.8. The highest BCUT2D eigenvalue weighted by molar-refractivity contribution is 7.99. The Morgan fingerprint density at radius 2 is 1.85 bits per heavy atom. The van der Waals surface area contributed by atoms with Gasteiger partial charge in [0.05, 0.1) is 6.61 Å². The highest BCUT2D eigenvalue weighted by Crippen LogP contribution is 2.22. The van der Waals surface area contributed by atoms with Crippen LogP contribution >= 0.6 is 11.8 Å². The van der Waals surface area contributed by atoms with Crippen molar-refractivity contribution in [2.24, 2.45) is 0 Å². The molecule has 2 saturated heterocycles. The van der Waals surface area contributed by atoms with Crippen LogP contribution in [0, 0.1) is 5.82 Å². The highest BCUT2D eigenvalue weighted by Gasteiger charge is 2.41. The van der Waals surface area contributed by atoms with E-state index in [4.69, 9.17) is 4.74 Å². The van der Waals surface area contributed by atoms with E-state index in [0.29, 0.717) is 64.2 Å². The Bertz CT molecular complexity index is 809. The van der Waals surface area contributed by atoms with Crippen LogP contribution < -0.4 is 16.0 Å². The Balaban J connectivity index is 1.50. The first kappa shape index (κ1) is 25.3. The predicted octanol–water partition coefficient (Wildman–Crippen LogP) is 2.28. The van der Waals surface area contributed by atoms with Gasteiger partial charge < -0.3 is 25.6 Å². The fourth-order valence-electron chi connectivity index (χ4n) is 4.13. The van der Waals surface area contributed by atoms with Crippen molar-refractivity contribution >= 4 is 29.7 Å². The standard InChI is InChI=1S/C23H33FN4O4S/c1-2-32-22(31)28-14-7-18(8-15-28)26-21(30)23(10-12-25-13-11-23)27-20(29)9-16-33-19-5-3-17(24)4-6-19/h3-6,18,25H,2,7-16H2,1H3,(H,26,30)(H,27,29). The van der Waals surface area contributed by atoms with Crippen molar-refractivity contribution < 1.29 is 23.5 Å². The number of piperidine rings is 2. The molecule has 0 aromatic heterocycles. The molecular formula is C23H33FN4O4S. The molecular weight excluding hydrogens is 447 g/mol. The monoisotopic (exact) mass is 480 g/mol. The number of nitrogens with zero attached hydrogens (tertiary/aromatic N) is 1. The van der Waals surface area contributed by atoms with Crippen LogP contribution in [-0.4, -0.2) is 72.9 Å². The molecule has 33 heavy (non-hydrogen) atoms. The average Bonchev–Trinajstić information content (AvgIpc) is 2.81. The van der Waals surface area contributed by atoms with Crippen molar-refractivity contribution in [2.45, 2.75) is 55.5 Å². The second-order valence-electron chi connectivity index (χ2n) is 8.37. The van der Waals surface area contributed by atoms with Gasteiger partial charge in [0.25, 0.3) is 0 Å². The molecule has 0 aliphatic carbocycles. The Morgan fingerprint density at radius 3 is 2.48 bits per heavy atom. The van der Waals surface area contributed by atoms with E-state index in [2.05, 4.69) is 16.0 Å². The van der Waals surface area contributed by atoms with Gasteiger partial charge in [-0.3, -0.25) is 9.59 Å². The largest absolute Gasteiger partial charge is 0.450 e. The third-order valence-electron chi connectivity index (χ3n) is 6.04. The molecule has 182 valence electrons. The van der Waals surface area contributed by atoms with Crippen LogP contribution in [-0.2, 0) is 14.3 Å². The zero-order valence-electron chi connectivity index (χ0n) is 19.0. The number of carbonyl (C=O) groups excluding carboxylic acids is 3. The lowest BCUT2D eigenvalue weighted by atomic mass is 9.86. The Kier molecular flexibility index (Phi) is 9.37. The lowest BCUT2D eigenvalue weighted by molar-refractivity contribution is -0.135. The number of rotatable bonds is 8. The number of benzene rings is 1. The van der Waals surface area contributed by atoms with E-state index in [9.17, 15) is 18.8 Å². The van der Waals surface area contributed by atoms with Crippen LogP contribution in [0.1, 0.15) is 39.0 Å². The summed E-state index contributed by atoms with van der Waals surface area (Å²) in [6, 6.07) is 6.13. The van der Waals surface area contributed by atoms with E-state index in [1.54, 1.807) is 24.0 Å². The van der Waals surface area contributed by atoms with E-state index >= 15 is 0 Å². The van der Waals surface area contributed by atoms with Gasteiger partial charge in [0, 0.05) is 36.2 Å². The van der Waals surface area contributed by atoms with E-state index in [-0.39, 0.29) is 36.2 Å². The highest BCUT2D eigenvalue weighted by atomic mass is 32.2. The second-order valence-corrected chi connectivity index (χ2v) is 9.53. The lowest BCUT2D eigenvalue weighted by Crippen LogP contribution is -2.64. The zero-order chi connectivity index (χ0) is 23.7. The van der Waals surface area contributed by atoms with Gasteiger partial charge in [-0.25, -0.2) is 9.18 Å². The van der Waals surface area contributed by atoms with Crippen LogP contribution in [0.15, 0.2) is 29.2 Å². The predicted molar refractivity (Wildman–Crippen MR) is 124 cm³/mol. The van der Waals surface area contributed by atoms with Gasteiger partial charge in [-0.1, -0.05) is 0 Å². The first-order valence-electron chi connectivity index (χ1n) is 11.5. The first-order chi connectivity index (χ1) is 15.9. The third-order valence-corrected chi connectivity index (χ3v) is 7.05. The number of carbonyl (C=O) groups is 3. The Hall–Kier alpha value is -2.33. The molecule has 1 aromatic rings. The maximum absolute atomic E-state index is 13.3. The maximum atomic E-state index is 13.3. The summed E-state index contributed by atoms with van der Waals surface area (Å²) >= 11 is 1.48. The molecule has 8 nitrogen and oxygen atoms in total. The van der Waals surface area contributed by atoms with Crippen LogP contribution in [0.2, 0.25) is 0 Å². The summed E-state index contributed by atoms with van der Waals surface area (Å²) in [6.45, 7) is 4.49. The molecule has 3 rings (SSSR count). The van der Waals surface area contributed by atoms with E-state index in [1.807, 2.05) is 0 Å². The maximum Gasteiger partial charge on any atom is 0.409 e. The van der Waals surface area contributed by atoms with E-state index in [1.165, 1.54) is 23.9 Å². The van der Waals surface area contributed by atoms with Crippen LogP contribution in [0.25, 0.3) is 0 Å². The second kappa shape index (κ2) is 12.2. The molecule has 0 atom stereocenters. The molecule has 2 aliphatic heterocycles. The van der Waals surface area contributed by atoms with Crippen molar-refractivity contribution in [3.05, 3.63) is 30.1 Å². The molecule has 1 aromatic carbocycles. The molecule has 2 heterocycles. The summed E-state index contributed by atoms with van der Waals surface area (Å²) < 4.78 is 18.1. The minimum Gasteiger partial charge on any atom is -0.450 e. The number of ether oxygens (including phenoxy) is 1. The number of hydrogen-bond acceptors (Lipinski definition) is 6. The number of hydrogen-bond donors (Lipinski definition) is 3. The molecule has 0 saturated carbocycles. The number of thioether (sulfide) groups is 1. The van der Waals surface area contributed by atoms with Crippen molar-refractivity contribution in [3.63, 3.8) is 0 Å². The Labute approximate surface area is 198 Å². The van der Waals surface area contributed by atoms with Gasteiger partial charge >= 0.3 is 6.09 Å². The lowest BCUT2D eigenvalue weighted by Gasteiger charge is -2.39. The van der Waals surface area contributed by atoms with Gasteiger partial charge in [0.2, 0.25) is 11.8 Å². The molecule has 0 spiro atoms. The average molecular weight is 481 g/mol. The minimum atomic E-state index is -0.929. The minimum absolute atomic E-state index is 0.0409. The fourth-order valence-corrected chi connectivity index (χ4v) is 4.98. The van der Waals surface area contributed by atoms with Crippen molar-refractivity contribution in [1.29, 1.82) is 0 Å². The third kappa shape index (κ3) is 7.33. The Morgan fingerprint density at radius 1 is 1.18 bits per heavy atom. The number of halogens is 1. The van der Waals surface area contributed by atoms with Crippen LogP contribution in [0.4, 0.5) is 9.18 Å². The van der Waals surface area contributed by atoms with Crippen molar-refractivity contribution in [2.75, 3.05) is 38.5 Å². The van der Waals surface area contributed by atoms with E-state index in [0.717, 1.165) is 4.90 Å². The number of nitrogens with one attached hydrogen (secondary N) is 3. The number of amides is 3. The van der Waals surface area contributed by atoms with Gasteiger partial charge in [-0.05, 0) is 70.0 Å². The summed E-state index contributed by atoms with van der Waals surface area (Å²) in [7, 11) is 0. The molecule has 2 aliphatic rings.